The van der Waals surface area contributed by atoms with E-state index in [-0.39, 0.29) is 6.61 Å². The van der Waals surface area contributed by atoms with Crippen molar-refractivity contribution >= 4 is 0 Å². The normalized spacial score (nSPS) is 12.4. The van der Waals surface area contributed by atoms with Gasteiger partial charge >= 0.3 is 0 Å². The maximum absolute atomic E-state index is 9.96. The van der Waals surface area contributed by atoms with Crippen molar-refractivity contribution in [3.63, 3.8) is 0 Å². The first-order valence-electron chi connectivity index (χ1n) is 6.85. The van der Waals surface area contributed by atoms with E-state index in [0.29, 0.717) is 19.0 Å². The van der Waals surface area contributed by atoms with E-state index in [1.165, 1.54) is 0 Å². The lowest BCUT2D eigenvalue weighted by molar-refractivity contribution is 0.0183. The van der Waals surface area contributed by atoms with Crippen LogP contribution in [0.1, 0.15) is 17.2 Å². The van der Waals surface area contributed by atoms with Gasteiger partial charge in [0.1, 0.15) is 17.4 Å². The zero-order valence-corrected chi connectivity index (χ0v) is 12.6. The number of nitrogens with zero attached hydrogens (tertiary/aromatic N) is 3. The van der Waals surface area contributed by atoms with Crippen LogP contribution in [0.2, 0.25) is 0 Å². The minimum atomic E-state index is -0.608. The zero-order valence-electron chi connectivity index (χ0n) is 12.6. The maximum Gasteiger partial charge on any atom is 0.147 e. The topological polar surface area (TPSA) is 69.4 Å². The van der Waals surface area contributed by atoms with Crippen LogP contribution in [0.3, 0.4) is 0 Å². The van der Waals surface area contributed by atoms with E-state index < -0.39 is 6.10 Å². The Morgan fingerprint density at radius 1 is 1.24 bits per heavy atom. The fraction of sp³-hybridized carbons (Fsp3) is 0.467. The number of rotatable bonds is 7. The van der Waals surface area contributed by atoms with E-state index in [9.17, 15) is 5.11 Å². The van der Waals surface area contributed by atoms with Crippen molar-refractivity contribution in [3.8, 4) is 5.75 Å². The predicted octanol–water partition coefficient (Wildman–Crippen LogP) is 1.48. The SMILES string of the molecule is COc1ccc(COCC(O)Cn2nc(C)nc2C)cc1. The minimum absolute atomic E-state index is 0.254. The Kier molecular flexibility index (Phi) is 5.30. The van der Waals surface area contributed by atoms with Gasteiger partial charge in [0.05, 0.1) is 33.0 Å². The van der Waals surface area contributed by atoms with Crippen LogP contribution in [0, 0.1) is 13.8 Å². The second-order valence-electron chi connectivity index (χ2n) is 4.91. The summed E-state index contributed by atoms with van der Waals surface area (Å²) in [4.78, 5) is 4.20. The van der Waals surface area contributed by atoms with E-state index in [1.807, 2.05) is 38.1 Å². The highest BCUT2D eigenvalue weighted by atomic mass is 16.5. The third-order valence-electron chi connectivity index (χ3n) is 3.08. The van der Waals surface area contributed by atoms with Crippen LogP contribution in [0.15, 0.2) is 24.3 Å². The molecule has 6 heteroatoms. The van der Waals surface area contributed by atoms with Gasteiger partial charge in [0.25, 0.3) is 0 Å². The number of aromatic nitrogens is 3. The first-order valence-corrected chi connectivity index (χ1v) is 6.85. The van der Waals surface area contributed by atoms with Crippen LogP contribution in [0.5, 0.6) is 5.75 Å². The summed E-state index contributed by atoms with van der Waals surface area (Å²) in [7, 11) is 1.63. The molecule has 0 spiro atoms. The Balaban J connectivity index is 1.76. The Bertz CT molecular complexity index is 566. The number of hydrogen-bond donors (Lipinski definition) is 1. The second kappa shape index (κ2) is 7.19. The molecule has 0 aliphatic rings. The molecule has 1 aromatic carbocycles. The van der Waals surface area contributed by atoms with E-state index in [0.717, 1.165) is 17.1 Å². The molecular formula is C15H21N3O3. The lowest BCUT2D eigenvalue weighted by Crippen LogP contribution is -2.23. The summed E-state index contributed by atoms with van der Waals surface area (Å²) in [6, 6.07) is 7.65. The average molecular weight is 291 g/mol. The summed E-state index contributed by atoms with van der Waals surface area (Å²) in [5, 5.41) is 14.2. The zero-order chi connectivity index (χ0) is 15.2. The lowest BCUT2D eigenvalue weighted by atomic mass is 10.2. The predicted molar refractivity (Wildman–Crippen MR) is 78.2 cm³/mol. The van der Waals surface area contributed by atoms with Crippen LogP contribution >= 0.6 is 0 Å². The molecule has 2 rings (SSSR count). The third-order valence-corrected chi connectivity index (χ3v) is 3.08. The molecule has 0 fully saturated rings. The van der Waals surface area contributed by atoms with Gasteiger partial charge in [0.15, 0.2) is 0 Å². The van der Waals surface area contributed by atoms with Crippen molar-refractivity contribution in [1.82, 2.24) is 14.8 Å². The Morgan fingerprint density at radius 2 is 1.95 bits per heavy atom. The molecule has 2 aromatic rings. The van der Waals surface area contributed by atoms with Crippen molar-refractivity contribution in [1.29, 1.82) is 0 Å². The van der Waals surface area contributed by atoms with E-state index in [4.69, 9.17) is 9.47 Å². The van der Waals surface area contributed by atoms with Gasteiger partial charge in [0, 0.05) is 0 Å². The molecule has 1 atom stereocenters. The van der Waals surface area contributed by atoms with E-state index >= 15 is 0 Å². The minimum Gasteiger partial charge on any atom is -0.497 e. The molecule has 0 radical (unpaired) electrons. The fourth-order valence-corrected chi connectivity index (χ4v) is 2.02. The Morgan fingerprint density at radius 3 is 2.52 bits per heavy atom. The number of hydrogen-bond acceptors (Lipinski definition) is 5. The van der Waals surface area contributed by atoms with Crippen LogP contribution in [0.4, 0.5) is 0 Å². The van der Waals surface area contributed by atoms with Gasteiger partial charge < -0.3 is 14.6 Å². The van der Waals surface area contributed by atoms with Gasteiger partial charge in [-0.3, -0.25) is 0 Å². The van der Waals surface area contributed by atoms with Crippen molar-refractivity contribution in [2.45, 2.75) is 33.1 Å². The lowest BCUT2D eigenvalue weighted by Gasteiger charge is -2.12. The number of ether oxygens (including phenoxy) is 2. The number of aliphatic hydroxyl groups is 1. The largest absolute Gasteiger partial charge is 0.497 e. The maximum atomic E-state index is 9.96. The molecule has 0 saturated heterocycles. The second-order valence-corrected chi connectivity index (χ2v) is 4.91. The van der Waals surface area contributed by atoms with E-state index in [2.05, 4.69) is 10.1 Å². The monoisotopic (exact) mass is 291 g/mol. The third kappa shape index (κ3) is 4.54. The highest BCUT2D eigenvalue weighted by Crippen LogP contribution is 2.12. The molecular weight excluding hydrogens is 270 g/mol. The summed E-state index contributed by atoms with van der Waals surface area (Å²) in [6.07, 6.45) is -0.608. The molecule has 114 valence electrons. The number of benzene rings is 1. The van der Waals surface area contributed by atoms with Gasteiger partial charge in [-0.15, -0.1) is 0 Å². The first-order chi connectivity index (χ1) is 10.1. The van der Waals surface area contributed by atoms with Crippen LogP contribution in [-0.4, -0.2) is 39.7 Å². The molecule has 1 N–H and O–H groups in total. The van der Waals surface area contributed by atoms with Gasteiger partial charge in [-0.2, -0.15) is 5.10 Å². The van der Waals surface area contributed by atoms with Crippen LogP contribution in [0.25, 0.3) is 0 Å². The summed E-state index contributed by atoms with van der Waals surface area (Å²) >= 11 is 0. The first kappa shape index (κ1) is 15.5. The quantitative estimate of drug-likeness (QED) is 0.837. The van der Waals surface area contributed by atoms with Crippen LogP contribution < -0.4 is 4.74 Å². The number of aliphatic hydroxyl groups excluding tert-OH is 1. The highest BCUT2D eigenvalue weighted by molar-refractivity contribution is 5.26. The van der Waals surface area contributed by atoms with Crippen molar-refractivity contribution in [3.05, 3.63) is 41.5 Å². The van der Waals surface area contributed by atoms with Crippen molar-refractivity contribution in [2.75, 3.05) is 13.7 Å². The molecule has 6 nitrogen and oxygen atoms in total. The molecule has 21 heavy (non-hydrogen) atoms. The number of aryl methyl sites for hydroxylation is 2. The smallest absolute Gasteiger partial charge is 0.147 e. The summed E-state index contributed by atoms with van der Waals surface area (Å²) < 4.78 is 12.3. The van der Waals surface area contributed by atoms with Crippen molar-refractivity contribution < 1.29 is 14.6 Å². The van der Waals surface area contributed by atoms with Gasteiger partial charge in [0.2, 0.25) is 0 Å². The van der Waals surface area contributed by atoms with E-state index in [1.54, 1.807) is 11.8 Å². The molecule has 0 amide bonds. The highest BCUT2D eigenvalue weighted by Gasteiger charge is 2.09. The number of methoxy groups -OCH3 is 1. The standard InChI is InChI=1S/C15H21N3O3/c1-11-16-12(2)18(17-11)8-14(19)10-21-9-13-4-6-15(20-3)7-5-13/h4-7,14,19H,8-10H2,1-3H3. The van der Waals surface area contributed by atoms with Gasteiger partial charge in [-0.25, -0.2) is 9.67 Å². The molecule has 1 aromatic heterocycles. The Labute approximate surface area is 124 Å². The van der Waals surface area contributed by atoms with Gasteiger partial charge in [-0.1, -0.05) is 12.1 Å². The molecule has 0 bridgehead atoms. The van der Waals surface area contributed by atoms with Crippen LogP contribution in [-0.2, 0) is 17.9 Å². The average Bonchev–Trinajstić information content (AvgIpc) is 2.77. The molecule has 1 unspecified atom stereocenters. The molecule has 0 saturated carbocycles. The summed E-state index contributed by atoms with van der Waals surface area (Å²) in [5.74, 6) is 2.32. The fourth-order valence-electron chi connectivity index (χ4n) is 2.02. The Hall–Kier alpha value is -1.92. The van der Waals surface area contributed by atoms with Crippen molar-refractivity contribution in [2.24, 2.45) is 0 Å². The summed E-state index contributed by atoms with van der Waals surface area (Å²) in [6.45, 7) is 4.79. The molecule has 0 aliphatic heterocycles. The molecule has 1 heterocycles. The van der Waals surface area contributed by atoms with Gasteiger partial charge in [-0.05, 0) is 31.5 Å². The summed E-state index contributed by atoms with van der Waals surface area (Å²) in [5.41, 5.74) is 1.04. The molecule has 0 aliphatic carbocycles.